The molecule has 5 nitrogen and oxygen atoms in total. The molecule has 3 rings (SSSR count). The molecule has 1 aliphatic carbocycles. The first-order valence-electron chi connectivity index (χ1n) is 6.95. The van der Waals surface area contributed by atoms with E-state index in [1.807, 2.05) is 17.0 Å². The Morgan fingerprint density at radius 1 is 1.32 bits per heavy atom. The van der Waals surface area contributed by atoms with E-state index in [4.69, 9.17) is 0 Å². The third-order valence-corrected chi connectivity index (χ3v) is 3.94. The topological polar surface area (TPSA) is 48.5 Å². The smallest absolute Gasteiger partial charge is 0.257 e. The van der Waals surface area contributed by atoms with Gasteiger partial charge in [-0.15, -0.1) is 0 Å². The molecule has 1 aliphatic heterocycles. The van der Waals surface area contributed by atoms with Crippen LogP contribution >= 0.6 is 0 Å². The van der Waals surface area contributed by atoms with Gasteiger partial charge in [-0.3, -0.25) is 9.69 Å². The van der Waals surface area contributed by atoms with Gasteiger partial charge in [0.2, 0.25) is 0 Å². The molecule has 1 aromatic rings. The molecular weight excluding hydrogens is 240 g/mol. The van der Waals surface area contributed by atoms with Gasteiger partial charge in [-0.2, -0.15) is 0 Å². The van der Waals surface area contributed by atoms with Gasteiger partial charge in [0.1, 0.15) is 5.82 Å². The number of nitrogens with zero attached hydrogens (tertiary/aromatic N) is 3. The van der Waals surface area contributed by atoms with E-state index in [1.165, 1.54) is 12.8 Å². The highest BCUT2D eigenvalue weighted by atomic mass is 16.2. The zero-order valence-electron chi connectivity index (χ0n) is 11.3. The fourth-order valence-corrected chi connectivity index (χ4v) is 2.68. The van der Waals surface area contributed by atoms with Crippen LogP contribution in [0.15, 0.2) is 18.3 Å². The summed E-state index contributed by atoms with van der Waals surface area (Å²) in [5, 5.41) is 2.98. The lowest BCUT2D eigenvalue weighted by Gasteiger charge is -2.35. The average Bonchev–Trinajstić information content (AvgIpc) is 3.31. The lowest BCUT2D eigenvalue weighted by atomic mass is 10.2. The van der Waals surface area contributed by atoms with Gasteiger partial charge in [0.25, 0.3) is 5.91 Å². The summed E-state index contributed by atoms with van der Waals surface area (Å²) in [6.07, 6.45) is 4.37. The Morgan fingerprint density at radius 2 is 2.05 bits per heavy atom. The van der Waals surface area contributed by atoms with E-state index >= 15 is 0 Å². The number of carbonyl (C=O) groups excluding carboxylic acids is 1. The normalized spacial score (nSPS) is 20.4. The maximum atomic E-state index is 12.5. The number of carbonyl (C=O) groups is 1. The molecule has 0 radical (unpaired) electrons. The minimum absolute atomic E-state index is 0.0906. The Labute approximate surface area is 113 Å². The third-order valence-electron chi connectivity index (χ3n) is 3.94. The van der Waals surface area contributed by atoms with Crippen LogP contribution in [0.3, 0.4) is 0 Å². The highest BCUT2D eigenvalue weighted by molar-refractivity contribution is 5.98. The number of amides is 1. The number of nitrogens with one attached hydrogen (secondary N) is 1. The lowest BCUT2D eigenvalue weighted by Crippen LogP contribution is -2.49. The first-order chi connectivity index (χ1) is 9.29. The maximum Gasteiger partial charge on any atom is 0.257 e. The maximum absolute atomic E-state index is 12.5. The van der Waals surface area contributed by atoms with E-state index in [-0.39, 0.29) is 5.91 Å². The van der Waals surface area contributed by atoms with E-state index in [9.17, 15) is 4.79 Å². The molecule has 1 amide bonds. The molecule has 2 fully saturated rings. The number of pyridine rings is 1. The Hall–Kier alpha value is -1.62. The number of hydrogen-bond donors (Lipinski definition) is 1. The monoisotopic (exact) mass is 260 g/mol. The fraction of sp³-hybridized carbons (Fsp3) is 0.571. The number of anilines is 1. The number of rotatable bonds is 3. The first-order valence-corrected chi connectivity index (χ1v) is 6.95. The average molecular weight is 260 g/mol. The van der Waals surface area contributed by atoms with Crippen molar-refractivity contribution in [2.75, 3.05) is 38.5 Å². The van der Waals surface area contributed by atoms with Gasteiger partial charge in [-0.05, 0) is 25.0 Å². The summed E-state index contributed by atoms with van der Waals surface area (Å²) in [6.45, 7) is 3.66. The van der Waals surface area contributed by atoms with E-state index in [0.29, 0.717) is 11.4 Å². The molecule has 2 aliphatic rings. The van der Waals surface area contributed by atoms with E-state index in [1.54, 1.807) is 13.2 Å². The molecule has 0 aromatic carbocycles. The number of aromatic nitrogens is 1. The molecule has 1 N–H and O–H groups in total. The molecule has 19 heavy (non-hydrogen) atoms. The van der Waals surface area contributed by atoms with Crippen LogP contribution in [0.2, 0.25) is 0 Å². The van der Waals surface area contributed by atoms with Gasteiger partial charge < -0.3 is 10.2 Å². The molecule has 0 unspecified atom stereocenters. The summed E-state index contributed by atoms with van der Waals surface area (Å²) in [4.78, 5) is 21.1. The second-order valence-corrected chi connectivity index (χ2v) is 5.21. The summed E-state index contributed by atoms with van der Waals surface area (Å²) in [5.41, 5.74) is 0.671. The molecular formula is C14H20N4O. The van der Waals surface area contributed by atoms with Crippen molar-refractivity contribution in [2.45, 2.75) is 18.9 Å². The van der Waals surface area contributed by atoms with Crippen molar-refractivity contribution >= 4 is 11.7 Å². The molecule has 0 spiro atoms. The summed E-state index contributed by atoms with van der Waals surface area (Å²) >= 11 is 0. The van der Waals surface area contributed by atoms with Crippen molar-refractivity contribution in [1.82, 2.24) is 14.8 Å². The SMILES string of the molecule is CNc1ncccc1C(=O)N1CCN(C2CC2)CC1. The van der Waals surface area contributed by atoms with Gasteiger partial charge in [0.15, 0.2) is 0 Å². The molecule has 2 heterocycles. The van der Waals surface area contributed by atoms with Crippen LogP contribution in [0.25, 0.3) is 0 Å². The molecule has 1 saturated heterocycles. The minimum Gasteiger partial charge on any atom is -0.372 e. The number of hydrogen-bond acceptors (Lipinski definition) is 4. The van der Waals surface area contributed by atoms with Crippen LogP contribution in [0.4, 0.5) is 5.82 Å². The number of piperazine rings is 1. The van der Waals surface area contributed by atoms with Crippen LogP contribution in [0, 0.1) is 0 Å². The predicted molar refractivity (Wildman–Crippen MR) is 74.3 cm³/mol. The van der Waals surface area contributed by atoms with Crippen LogP contribution in [-0.4, -0.2) is 60.0 Å². The molecule has 5 heteroatoms. The molecule has 1 saturated carbocycles. The van der Waals surface area contributed by atoms with Crippen LogP contribution in [-0.2, 0) is 0 Å². The van der Waals surface area contributed by atoms with E-state index < -0.39 is 0 Å². The zero-order chi connectivity index (χ0) is 13.2. The predicted octanol–water partition coefficient (Wildman–Crippen LogP) is 1.04. The van der Waals surface area contributed by atoms with Gasteiger partial charge >= 0.3 is 0 Å². The quantitative estimate of drug-likeness (QED) is 0.882. The van der Waals surface area contributed by atoms with Gasteiger partial charge in [-0.1, -0.05) is 0 Å². The largest absolute Gasteiger partial charge is 0.372 e. The van der Waals surface area contributed by atoms with Gasteiger partial charge in [-0.25, -0.2) is 4.98 Å². The molecule has 102 valence electrons. The molecule has 1 aromatic heterocycles. The lowest BCUT2D eigenvalue weighted by molar-refractivity contribution is 0.0628. The minimum atomic E-state index is 0.0906. The summed E-state index contributed by atoms with van der Waals surface area (Å²) in [7, 11) is 1.80. The van der Waals surface area contributed by atoms with Crippen molar-refractivity contribution in [3.63, 3.8) is 0 Å². The van der Waals surface area contributed by atoms with E-state index in [2.05, 4.69) is 15.2 Å². The van der Waals surface area contributed by atoms with Gasteiger partial charge in [0.05, 0.1) is 5.56 Å². The van der Waals surface area contributed by atoms with Crippen molar-refractivity contribution in [1.29, 1.82) is 0 Å². The molecule has 0 atom stereocenters. The highest BCUT2D eigenvalue weighted by Gasteiger charge is 2.32. The molecule has 0 bridgehead atoms. The third kappa shape index (κ3) is 2.56. The second kappa shape index (κ2) is 5.17. The summed E-state index contributed by atoms with van der Waals surface area (Å²) in [5.74, 6) is 0.755. The summed E-state index contributed by atoms with van der Waals surface area (Å²) < 4.78 is 0. The Kier molecular flexibility index (Phi) is 3.38. The van der Waals surface area contributed by atoms with Crippen LogP contribution in [0.5, 0.6) is 0 Å². The zero-order valence-corrected chi connectivity index (χ0v) is 11.3. The van der Waals surface area contributed by atoms with E-state index in [0.717, 1.165) is 32.2 Å². The highest BCUT2D eigenvalue weighted by Crippen LogP contribution is 2.27. The Morgan fingerprint density at radius 3 is 2.68 bits per heavy atom. The Balaban J connectivity index is 1.67. The Bertz CT molecular complexity index is 464. The van der Waals surface area contributed by atoms with Gasteiger partial charge in [0, 0.05) is 45.5 Å². The van der Waals surface area contributed by atoms with Crippen LogP contribution < -0.4 is 5.32 Å². The van der Waals surface area contributed by atoms with Crippen molar-refractivity contribution in [2.24, 2.45) is 0 Å². The first kappa shape index (κ1) is 12.4. The van der Waals surface area contributed by atoms with Crippen molar-refractivity contribution in [3.8, 4) is 0 Å². The standard InChI is InChI=1S/C14H20N4O/c1-15-13-12(3-2-6-16-13)14(19)18-9-7-17(8-10-18)11-4-5-11/h2-3,6,11H,4-5,7-10H2,1H3,(H,15,16). The van der Waals surface area contributed by atoms with Crippen LogP contribution in [0.1, 0.15) is 23.2 Å². The van der Waals surface area contributed by atoms with Crippen molar-refractivity contribution < 1.29 is 4.79 Å². The fourth-order valence-electron chi connectivity index (χ4n) is 2.68. The van der Waals surface area contributed by atoms with Crippen molar-refractivity contribution in [3.05, 3.63) is 23.9 Å². The summed E-state index contributed by atoms with van der Waals surface area (Å²) in [6, 6.07) is 4.45. The second-order valence-electron chi connectivity index (χ2n) is 5.21.